The summed E-state index contributed by atoms with van der Waals surface area (Å²) in [5, 5.41) is 15.2. The second kappa shape index (κ2) is 5.31. The first-order valence-corrected chi connectivity index (χ1v) is 6.57. The van der Waals surface area contributed by atoms with Crippen molar-refractivity contribution >= 4 is 17.7 Å². The molecule has 0 atom stereocenters. The number of thioether (sulfide) groups is 1. The summed E-state index contributed by atoms with van der Waals surface area (Å²) in [5.41, 5.74) is 2.36. The third kappa shape index (κ3) is 2.87. The molecule has 1 aromatic heterocycles. The smallest absolute Gasteiger partial charge is 0.348 e. The molecule has 2 rings (SSSR count). The monoisotopic (exact) mass is 279 g/mol. The van der Waals surface area contributed by atoms with E-state index < -0.39 is 5.97 Å². The molecule has 19 heavy (non-hydrogen) atoms. The van der Waals surface area contributed by atoms with Gasteiger partial charge in [0.25, 0.3) is 0 Å². The van der Waals surface area contributed by atoms with E-state index >= 15 is 0 Å². The highest BCUT2D eigenvalue weighted by Gasteiger charge is 2.14. The van der Waals surface area contributed by atoms with Gasteiger partial charge >= 0.3 is 11.7 Å². The van der Waals surface area contributed by atoms with Crippen LogP contribution in [0.15, 0.2) is 28.2 Å². The average molecular weight is 279 g/mol. The van der Waals surface area contributed by atoms with E-state index in [1.54, 1.807) is 0 Å². The van der Waals surface area contributed by atoms with Crippen LogP contribution in [0.1, 0.15) is 11.1 Å². The summed E-state index contributed by atoms with van der Waals surface area (Å²) < 4.78 is 1.39. The summed E-state index contributed by atoms with van der Waals surface area (Å²) >= 11 is 1.00. The predicted octanol–water partition coefficient (Wildman–Crippen LogP) is 1.35. The average Bonchev–Trinajstić information content (AvgIpc) is 2.68. The van der Waals surface area contributed by atoms with Crippen molar-refractivity contribution in [2.75, 3.05) is 5.75 Å². The molecule has 0 amide bonds. The number of aryl methyl sites for hydroxylation is 2. The van der Waals surface area contributed by atoms with Crippen LogP contribution in [0, 0.1) is 13.8 Å². The summed E-state index contributed by atoms with van der Waals surface area (Å²) in [6.07, 6.45) is 0. The van der Waals surface area contributed by atoms with E-state index in [4.69, 9.17) is 5.11 Å². The molecule has 0 bridgehead atoms. The Hall–Kier alpha value is -2.02. The molecule has 0 spiro atoms. The number of aromatic nitrogens is 3. The maximum Gasteiger partial charge on any atom is 0.348 e. The molecule has 0 aliphatic heterocycles. The molecule has 1 heterocycles. The van der Waals surface area contributed by atoms with Gasteiger partial charge in [0.1, 0.15) is 0 Å². The Bertz CT molecular complexity index is 675. The van der Waals surface area contributed by atoms with Crippen molar-refractivity contribution in [2.45, 2.75) is 19.0 Å². The number of carbonyl (C=O) groups is 1. The Labute approximate surface area is 113 Å². The molecule has 1 aromatic carbocycles. The molecule has 0 saturated carbocycles. The van der Waals surface area contributed by atoms with Crippen LogP contribution < -0.4 is 5.69 Å². The van der Waals surface area contributed by atoms with Crippen LogP contribution in [0.5, 0.6) is 0 Å². The molecule has 2 aromatic rings. The van der Waals surface area contributed by atoms with Crippen LogP contribution in [0.4, 0.5) is 0 Å². The van der Waals surface area contributed by atoms with Gasteiger partial charge in [0, 0.05) is 0 Å². The lowest BCUT2D eigenvalue weighted by Gasteiger charge is -2.08. The van der Waals surface area contributed by atoms with Crippen LogP contribution >= 0.6 is 11.8 Å². The van der Waals surface area contributed by atoms with E-state index in [1.165, 1.54) is 4.57 Å². The molecule has 0 fully saturated rings. The minimum absolute atomic E-state index is 0.144. The van der Waals surface area contributed by atoms with Crippen molar-refractivity contribution in [1.82, 2.24) is 14.8 Å². The highest BCUT2D eigenvalue weighted by atomic mass is 32.2. The van der Waals surface area contributed by atoms with Gasteiger partial charge in [0.05, 0.1) is 11.4 Å². The molecule has 0 aliphatic carbocycles. The van der Waals surface area contributed by atoms with Gasteiger partial charge in [-0.05, 0) is 25.5 Å². The zero-order valence-corrected chi connectivity index (χ0v) is 11.3. The SMILES string of the molecule is Cc1ccc(-n2c(SCC(=O)O)n[nH]c2=O)c(C)c1. The predicted molar refractivity (Wildman–Crippen MR) is 72.0 cm³/mol. The first-order valence-electron chi connectivity index (χ1n) is 5.58. The first-order chi connectivity index (χ1) is 8.99. The van der Waals surface area contributed by atoms with Crippen molar-refractivity contribution in [3.05, 3.63) is 39.8 Å². The van der Waals surface area contributed by atoms with Crippen LogP contribution in [0.2, 0.25) is 0 Å². The number of benzene rings is 1. The van der Waals surface area contributed by atoms with Gasteiger partial charge in [-0.1, -0.05) is 29.5 Å². The second-order valence-electron chi connectivity index (χ2n) is 4.12. The highest BCUT2D eigenvalue weighted by molar-refractivity contribution is 7.99. The quantitative estimate of drug-likeness (QED) is 0.825. The van der Waals surface area contributed by atoms with E-state index in [9.17, 15) is 9.59 Å². The van der Waals surface area contributed by atoms with E-state index in [1.807, 2.05) is 32.0 Å². The number of aromatic amines is 1. The Morgan fingerprint density at radius 3 is 2.84 bits per heavy atom. The molecule has 100 valence electrons. The number of carboxylic acids is 1. The molecule has 0 radical (unpaired) electrons. The maximum absolute atomic E-state index is 11.8. The zero-order chi connectivity index (χ0) is 14.0. The molecule has 7 heteroatoms. The summed E-state index contributed by atoms with van der Waals surface area (Å²) in [4.78, 5) is 22.4. The Kier molecular flexibility index (Phi) is 3.75. The largest absolute Gasteiger partial charge is 0.481 e. The van der Waals surface area contributed by atoms with E-state index in [0.717, 1.165) is 22.9 Å². The summed E-state index contributed by atoms with van der Waals surface area (Å²) in [5.74, 6) is -1.09. The van der Waals surface area contributed by atoms with Crippen molar-refractivity contribution in [3.8, 4) is 5.69 Å². The van der Waals surface area contributed by atoms with Gasteiger partial charge < -0.3 is 5.11 Å². The Balaban J connectivity index is 2.46. The van der Waals surface area contributed by atoms with E-state index in [-0.39, 0.29) is 11.4 Å². The number of H-pyrrole nitrogens is 1. The second-order valence-corrected chi connectivity index (χ2v) is 5.06. The number of rotatable bonds is 4. The molecule has 0 unspecified atom stereocenters. The van der Waals surface area contributed by atoms with Crippen LogP contribution in [0.25, 0.3) is 5.69 Å². The van der Waals surface area contributed by atoms with Gasteiger partial charge in [-0.15, -0.1) is 5.10 Å². The number of carboxylic acid groups (broad SMARTS) is 1. The number of hydrogen-bond acceptors (Lipinski definition) is 4. The lowest BCUT2D eigenvalue weighted by molar-refractivity contribution is -0.133. The minimum atomic E-state index is -0.951. The number of nitrogens with one attached hydrogen (secondary N) is 1. The molecule has 0 saturated heterocycles. The third-order valence-corrected chi connectivity index (χ3v) is 3.48. The fourth-order valence-corrected chi connectivity index (χ4v) is 2.45. The van der Waals surface area contributed by atoms with Gasteiger partial charge in [0.2, 0.25) is 0 Å². The molecule has 2 N–H and O–H groups in total. The molecular weight excluding hydrogens is 266 g/mol. The van der Waals surface area contributed by atoms with Crippen LogP contribution in [-0.2, 0) is 4.79 Å². The first kappa shape index (κ1) is 13.4. The van der Waals surface area contributed by atoms with Crippen molar-refractivity contribution in [3.63, 3.8) is 0 Å². The number of aliphatic carboxylic acids is 1. The fourth-order valence-electron chi connectivity index (χ4n) is 1.77. The van der Waals surface area contributed by atoms with Gasteiger partial charge in [-0.25, -0.2) is 14.5 Å². The van der Waals surface area contributed by atoms with Crippen LogP contribution in [0.3, 0.4) is 0 Å². The normalized spacial score (nSPS) is 10.6. The van der Waals surface area contributed by atoms with Crippen molar-refractivity contribution < 1.29 is 9.90 Å². The molecule has 6 nitrogen and oxygen atoms in total. The molecular formula is C12H13N3O3S. The van der Waals surface area contributed by atoms with Gasteiger partial charge in [-0.2, -0.15) is 0 Å². The lowest BCUT2D eigenvalue weighted by atomic mass is 10.1. The van der Waals surface area contributed by atoms with Gasteiger partial charge in [0.15, 0.2) is 5.16 Å². The summed E-state index contributed by atoms with van der Waals surface area (Å²) in [7, 11) is 0. The van der Waals surface area contributed by atoms with Gasteiger partial charge in [-0.3, -0.25) is 4.79 Å². The van der Waals surface area contributed by atoms with Crippen molar-refractivity contribution in [1.29, 1.82) is 0 Å². The van der Waals surface area contributed by atoms with E-state index in [2.05, 4.69) is 10.2 Å². The summed E-state index contributed by atoms with van der Waals surface area (Å²) in [6.45, 7) is 3.86. The van der Waals surface area contributed by atoms with Crippen molar-refractivity contribution in [2.24, 2.45) is 0 Å². The minimum Gasteiger partial charge on any atom is -0.481 e. The number of nitrogens with zero attached hydrogens (tertiary/aromatic N) is 2. The Morgan fingerprint density at radius 2 is 2.21 bits per heavy atom. The number of hydrogen-bond donors (Lipinski definition) is 2. The standard InChI is InChI=1S/C12H13N3O3S/c1-7-3-4-9(8(2)5-7)15-11(18)13-14-12(15)19-6-10(16)17/h3-5H,6H2,1-2H3,(H,13,18)(H,16,17). The molecule has 0 aliphatic rings. The topological polar surface area (TPSA) is 88.0 Å². The Morgan fingerprint density at radius 1 is 1.47 bits per heavy atom. The van der Waals surface area contributed by atoms with E-state index in [0.29, 0.717) is 10.8 Å². The lowest BCUT2D eigenvalue weighted by Crippen LogP contribution is -2.17. The zero-order valence-electron chi connectivity index (χ0n) is 10.5. The maximum atomic E-state index is 11.8. The van der Waals surface area contributed by atoms with Crippen LogP contribution in [-0.4, -0.2) is 31.6 Å². The summed E-state index contributed by atoms with van der Waals surface area (Å²) in [6, 6.07) is 5.68. The third-order valence-electron chi connectivity index (χ3n) is 2.56. The highest BCUT2D eigenvalue weighted by Crippen LogP contribution is 2.20. The fraction of sp³-hybridized carbons (Fsp3) is 0.250.